The Morgan fingerprint density at radius 2 is 2.22 bits per heavy atom. The molecule has 2 heterocycles. The SMILES string of the molecule is CC(CN1CCOCC1)NC(=O)c1nonc1N. The summed E-state index contributed by atoms with van der Waals surface area (Å²) < 4.78 is 9.65. The van der Waals surface area contributed by atoms with Gasteiger partial charge in [0.1, 0.15) is 0 Å². The Balaban J connectivity index is 1.81. The maximum absolute atomic E-state index is 11.8. The maximum Gasteiger partial charge on any atom is 0.277 e. The van der Waals surface area contributed by atoms with Crippen LogP contribution >= 0.6 is 0 Å². The minimum absolute atomic E-state index is 0.00562. The van der Waals surface area contributed by atoms with Crippen LogP contribution in [0.1, 0.15) is 17.4 Å². The highest BCUT2D eigenvalue weighted by Crippen LogP contribution is 2.04. The number of rotatable bonds is 4. The second kappa shape index (κ2) is 5.78. The van der Waals surface area contributed by atoms with Crippen molar-refractivity contribution in [3.05, 3.63) is 5.69 Å². The van der Waals surface area contributed by atoms with E-state index in [1.165, 1.54) is 0 Å². The topological polar surface area (TPSA) is 107 Å². The molecule has 1 aliphatic heterocycles. The van der Waals surface area contributed by atoms with Gasteiger partial charge in [-0.2, -0.15) is 0 Å². The molecule has 0 aliphatic carbocycles. The molecular formula is C10H17N5O3. The van der Waals surface area contributed by atoms with E-state index in [0.717, 1.165) is 32.8 Å². The molecule has 0 saturated carbocycles. The summed E-state index contributed by atoms with van der Waals surface area (Å²) in [4.78, 5) is 14.0. The molecule has 0 aromatic carbocycles. The molecule has 1 fully saturated rings. The summed E-state index contributed by atoms with van der Waals surface area (Å²) in [6.07, 6.45) is 0. The minimum atomic E-state index is -0.366. The Hall–Kier alpha value is -1.67. The molecule has 1 aromatic rings. The molecule has 0 radical (unpaired) electrons. The fourth-order valence-corrected chi connectivity index (χ4v) is 1.86. The van der Waals surface area contributed by atoms with Crippen LogP contribution in [0.5, 0.6) is 0 Å². The van der Waals surface area contributed by atoms with Crippen LogP contribution in [0.4, 0.5) is 5.82 Å². The van der Waals surface area contributed by atoms with Crippen LogP contribution in [0.15, 0.2) is 4.63 Å². The van der Waals surface area contributed by atoms with E-state index in [4.69, 9.17) is 10.5 Å². The van der Waals surface area contributed by atoms with Crippen LogP contribution < -0.4 is 11.1 Å². The number of carbonyl (C=O) groups excluding carboxylic acids is 1. The third kappa shape index (κ3) is 3.17. The molecule has 1 unspecified atom stereocenters. The first-order chi connectivity index (χ1) is 8.66. The monoisotopic (exact) mass is 255 g/mol. The van der Waals surface area contributed by atoms with Crippen molar-refractivity contribution in [2.45, 2.75) is 13.0 Å². The van der Waals surface area contributed by atoms with Crippen molar-refractivity contribution in [1.29, 1.82) is 0 Å². The lowest BCUT2D eigenvalue weighted by Crippen LogP contribution is -2.46. The summed E-state index contributed by atoms with van der Waals surface area (Å²) in [5.41, 5.74) is 5.48. The zero-order valence-corrected chi connectivity index (χ0v) is 10.3. The highest BCUT2D eigenvalue weighted by molar-refractivity contribution is 5.96. The number of morpholine rings is 1. The summed E-state index contributed by atoms with van der Waals surface area (Å²) >= 11 is 0. The van der Waals surface area contributed by atoms with Crippen LogP contribution in [0, 0.1) is 0 Å². The number of hydrogen-bond donors (Lipinski definition) is 2. The third-order valence-corrected chi connectivity index (χ3v) is 2.74. The smallest absolute Gasteiger partial charge is 0.277 e. The number of nitrogens with two attached hydrogens (primary N) is 1. The number of hydrogen-bond acceptors (Lipinski definition) is 7. The van der Waals surface area contributed by atoms with E-state index in [1.807, 2.05) is 6.92 Å². The zero-order valence-electron chi connectivity index (χ0n) is 10.3. The van der Waals surface area contributed by atoms with Crippen molar-refractivity contribution in [1.82, 2.24) is 20.5 Å². The number of ether oxygens (including phenoxy) is 1. The second-order valence-corrected chi connectivity index (χ2v) is 4.29. The van der Waals surface area contributed by atoms with Crippen molar-refractivity contribution >= 4 is 11.7 Å². The van der Waals surface area contributed by atoms with E-state index in [1.54, 1.807) is 0 Å². The van der Waals surface area contributed by atoms with Gasteiger partial charge in [-0.1, -0.05) is 0 Å². The van der Waals surface area contributed by atoms with Crippen LogP contribution in [-0.4, -0.2) is 60.0 Å². The maximum atomic E-state index is 11.8. The molecule has 8 heteroatoms. The van der Waals surface area contributed by atoms with E-state index >= 15 is 0 Å². The number of anilines is 1. The number of nitrogens with one attached hydrogen (secondary N) is 1. The average Bonchev–Trinajstić information content (AvgIpc) is 2.76. The van der Waals surface area contributed by atoms with Gasteiger partial charge in [0.2, 0.25) is 11.5 Å². The standard InChI is InChI=1S/C10H17N5O3/c1-7(6-15-2-4-17-5-3-15)12-10(16)8-9(11)14-18-13-8/h7H,2-6H2,1H3,(H2,11,14)(H,12,16). The summed E-state index contributed by atoms with van der Waals surface area (Å²) in [5.74, 6) is -0.361. The molecule has 1 saturated heterocycles. The van der Waals surface area contributed by atoms with Crippen LogP contribution in [-0.2, 0) is 4.74 Å². The van der Waals surface area contributed by atoms with Gasteiger partial charge in [-0.15, -0.1) is 0 Å². The lowest BCUT2D eigenvalue weighted by Gasteiger charge is -2.29. The van der Waals surface area contributed by atoms with Gasteiger partial charge in [0.25, 0.3) is 5.91 Å². The Morgan fingerprint density at radius 3 is 2.83 bits per heavy atom. The second-order valence-electron chi connectivity index (χ2n) is 4.29. The molecule has 0 spiro atoms. The molecule has 2 rings (SSSR count). The number of amides is 1. The van der Waals surface area contributed by atoms with Crippen molar-refractivity contribution < 1.29 is 14.2 Å². The predicted molar refractivity (Wildman–Crippen MR) is 62.9 cm³/mol. The number of aromatic nitrogens is 2. The largest absolute Gasteiger partial charge is 0.379 e. The van der Waals surface area contributed by atoms with Gasteiger partial charge in [0.15, 0.2) is 0 Å². The first-order valence-electron chi connectivity index (χ1n) is 5.86. The highest BCUT2D eigenvalue weighted by atomic mass is 16.6. The number of nitrogen functional groups attached to an aromatic ring is 1. The normalized spacial score (nSPS) is 18.5. The lowest BCUT2D eigenvalue weighted by atomic mass is 10.2. The van der Waals surface area contributed by atoms with Crippen molar-refractivity contribution in [2.75, 3.05) is 38.6 Å². The lowest BCUT2D eigenvalue weighted by molar-refractivity contribution is 0.0342. The molecule has 3 N–H and O–H groups in total. The molecule has 1 aromatic heterocycles. The average molecular weight is 255 g/mol. The van der Waals surface area contributed by atoms with Gasteiger partial charge in [-0.3, -0.25) is 9.69 Å². The zero-order chi connectivity index (χ0) is 13.0. The Labute approximate surface area is 104 Å². The van der Waals surface area contributed by atoms with Crippen LogP contribution in [0.25, 0.3) is 0 Å². The van der Waals surface area contributed by atoms with E-state index in [2.05, 4.69) is 25.2 Å². The van der Waals surface area contributed by atoms with Crippen molar-refractivity contribution in [3.8, 4) is 0 Å². The molecule has 18 heavy (non-hydrogen) atoms. The van der Waals surface area contributed by atoms with E-state index in [0.29, 0.717) is 0 Å². The van der Waals surface area contributed by atoms with Crippen molar-refractivity contribution in [3.63, 3.8) is 0 Å². The summed E-state index contributed by atoms with van der Waals surface area (Å²) in [6, 6.07) is -0.00769. The molecule has 1 atom stereocenters. The van der Waals surface area contributed by atoms with Gasteiger partial charge in [0, 0.05) is 25.7 Å². The fourth-order valence-electron chi connectivity index (χ4n) is 1.86. The van der Waals surface area contributed by atoms with Gasteiger partial charge in [-0.25, -0.2) is 4.63 Å². The number of carbonyl (C=O) groups is 1. The first kappa shape index (κ1) is 12.8. The van der Waals surface area contributed by atoms with Crippen molar-refractivity contribution in [2.24, 2.45) is 0 Å². The predicted octanol–water partition coefficient (Wildman–Crippen LogP) is -0.898. The van der Waals surface area contributed by atoms with Gasteiger partial charge in [-0.05, 0) is 17.2 Å². The molecule has 100 valence electrons. The van der Waals surface area contributed by atoms with Gasteiger partial charge >= 0.3 is 0 Å². The molecular weight excluding hydrogens is 238 g/mol. The highest BCUT2D eigenvalue weighted by Gasteiger charge is 2.19. The molecule has 0 bridgehead atoms. The van der Waals surface area contributed by atoms with Crippen LogP contribution in [0.3, 0.4) is 0 Å². The van der Waals surface area contributed by atoms with Gasteiger partial charge in [0.05, 0.1) is 13.2 Å². The van der Waals surface area contributed by atoms with Crippen LogP contribution in [0.2, 0.25) is 0 Å². The number of nitrogens with zero attached hydrogens (tertiary/aromatic N) is 3. The molecule has 1 aliphatic rings. The molecule has 8 nitrogen and oxygen atoms in total. The van der Waals surface area contributed by atoms with Gasteiger partial charge < -0.3 is 15.8 Å². The van der Waals surface area contributed by atoms with E-state index in [-0.39, 0.29) is 23.5 Å². The summed E-state index contributed by atoms with van der Waals surface area (Å²) in [5, 5.41) is 9.63. The Bertz CT molecular complexity index is 402. The summed E-state index contributed by atoms with van der Waals surface area (Å²) in [7, 11) is 0. The Morgan fingerprint density at radius 1 is 1.50 bits per heavy atom. The minimum Gasteiger partial charge on any atom is -0.379 e. The van der Waals surface area contributed by atoms with E-state index in [9.17, 15) is 4.79 Å². The fraction of sp³-hybridized carbons (Fsp3) is 0.700. The molecule has 1 amide bonds. The quantitative estimate of drug-likeness (QED) is 0.718. The van der Waals surface area contributed by atoms with E-state index < -0.39 is 0 Å². The Kier molecular flexibility index (Phi) is 4.11. The summed E-state index contributed by atoms with van der Waals surface area (Å²) in [6.45, 7) is 5.93. The first-order valence-corrected chi connectivity index (χ1v) is 5.86. The third-order valence-electron chi connectivity index (χ3n) is 2.74.